The molecule has 2 aromatic rings. The van der Waals surface area contributed by atoms with Gasteiger partial charge in [0.25, 0.3) is 0 Å². The first-order valence-electron chi connectivity index (χ1n) is 7.12. The Bertz CT molecular complexity index is 713. The fourth-order valence-corrected chi connectivity index (χ4v) is 2.36. The molecule has 122 valence electrons. The average Bonchev–Trinajstić information content (AvgIpc) is 2.54. The van der Waals surface area contributed by atoms with Gasteiger partial charge in [-0.2, -0.15) is 0 Å². The highest BCUT2D eigenvalue weighted by Gasteiger charge is 2.20. The molecule has 2 rings (SSSR count). The minimum absolute atomic E-state index is 0.0789. The second-order valence-electron chi connectivity index (χ2n) is 5.09. The molecule has 0 saturated heterocycles. The smallest absolute Gasteiger partial charge is 0.328 e. The van der Waals surface area contributed by atoms with Gasteiger partial charge >= 0.3 is 5.97 Å². The van der Waals surface area contributed by atoms with Crippen LogP contribution in [0.4, 0.5) is 0 Å². The van der Waals surface area contributed by atoms with Crippen LogP contribution < -0.4 is 10.1 Å². The van der Waals surface area contributed by atoms with Crippen LogP contribution in [0.15, 0.2) is 36.4 Å². The van der Waals surface area contributed by atoms with Gasteiger partial charge in [-0.15, -0.1) is 0 Å². The molecule has 6 nitrogen and oxygen atoms in total. The number of methoxy groups -OCH3 is 2. The number of carbonyl (C=O) groups is 2. The summed E-state index contributed by atoms with van der Waals surface area (Å²) in [5.74, 6) is -0.794. The second-order valence-corrected chi connectivity index (χ2v) is 5.09. The Labute approximate surface area is 134 Å². The van der Waals surface area contributed by atoms with Gasteiger partial charge in [-0.25, -0.2) is 4.79 Å². The molecular formula is C17H19NO5. The van der Waals surface area contributed by atoms with Crippen molar-refractivity contribution in [3.8, 4) is 5.75 Å². The highest BCUT2D eigenvalue weighted by atomic mass is 16.5. The lowest BCUT2D eigenvalue weighted by Gasteiger charge is -2.14. The van der Waals surface area contributed by atoms with Gasteiger partial charge in [0.1, 0.15) is 5.75 Å². The number of ether oxygens (including phenoxy) is 2. The van der Waals surface area contributed by atoms with Crippen LogP contribution in [0.3, 0.4) is 0 Å². The van der Waals surface area contributed by atoms with Crippen molar-refractivity contribution in [2.75, 3.05) is 20.8 Å². The first kappa shape index (κ1) is 16.8. The Morgan fingerprint density at radius 3 is 2.65 bits per heavy atom. The maximum atomic E-state index is 12.1. The number of aliphatic carboxylic acids is 1. The summed E-state index contributed by atoms with van der Waals surface area (Å²) in [6.45, 7) is -0.0789. The number of nitrogens with one attached hydrogen (secondary N) is 1. The summed E-state index contributed by atoms with van der Waals surface area (Å²) in [5, 5.41) is 13.4. The molecule has 1 unspecified atom stereocenters. The van der Waals surface area contributed by atoms with Gasteiger partial charge in [0, 0.05) is 7.11 Å². The molecule has 0 spiro atoms. The Morgan fingerprint density at radius 2 is 2.00 bits per heavy atom. The van der Waals surface area contributed by atoms with Gasteiger partial charge in [-0.3, -0.25) is 4.79 Å². The predicted molar refractivity (Wildman–Crippen MR) is 85.6 cm³/mol. The lowest BCUT2D eigenvalue weighted by molar-refractivity contribution is -0.143. The number of hydrogen-bond acceptors (Lipinski definition) is 4. The third-order valence-corrected chi connectivity index (χ3v) is 3.50. The molecule has 0 aliphatic heterocycles. The highest BCUT2D eigenvalue weighted by Crippen LogP contribution is 2.24. The molecule has 0 bridgehead atoms. The SMILES string of the molecule is COCC(NC(=O)Cc1cccc2ccc(OC)cc12)C(=O)O. The van der Waals surface area contributed by atoms with Crippen molar-refractivity contribution in [3.05, 3.63) is 42.0 Å². The van der Waals surface area contributed by atoms with Gasteiger partial charge in [0.2, 0.25) is 5.91 Å². The molecule has 0 aliphatic rings. The molecule has 1 atom stereocenters. The quantitative estimate of drug-likeness (QED) is 0.810. The molecule has 2 N–H and O–H groups in total. The normalized spacial score (nSPS) is 11.9. The Balaban J connectivity index is 2.20. The first-order chi connectivity index (χ1) is 11.0. The van der Waals surface area contributed by atoms with E-state index in [0.717, 1.165) is 16.3 Å². The van der Waals surface area contributed by atoms with Crippen LogP contribution in [0.5, 0.6) is 5.75 Å². The van der Waals surface area contributed by atoms with Gasteiger partial charge < -0.3 is 19.9 Å². The number of carboxylic acids is 1. The van der Waals surface area contributed by atoms with E-state index in [2.05, 4.69) is 5.32 Å². The number of rotatable bonds is 7. The number of benzene rings is 2. The van der Waals surface area contributed by atoms with E-state index < -0.39 is 12.0 Å². The lowest BCUT2D eigenvalue weighted by atomic mass is 10.0. The number of fused-ring (bicyclic) bond motifs is 1. The zero-order valence-corrected chi connectivity index (χ0v) is 13.0. The number of amides is 1. The van der Waals surface area contributed by atoms with E-state index in [1.54, 1.807) is 7.11 Å². The number of carbonyl (C=O) groups excluding carboxylic acids is 1. The molecule has 0 saturated carbocycles. The van der Waals surface area contributed by atoms with Crippen molar-refractivity contribution < 1.29 is 24.2 Å². The Kier molecular flexibility index (Phi) is 5.54. The number of hydrogen-bond donors (Lipinski definition) is 2. The third kappa shape index (κ3) is 4.20. The summed E-state index contributed by atoms with van der Waals surface area (Å²) in [4.78, 5) is 23.2. The summed E-state index contributed by atoms with van der Waals surface area (Å²) in [5.41, 5.74) is 0.806. The van der Waals surface area contributed by atoms with Crippen LogP contribution in [0, 0.1) is 0 Å². The fourth-order valence-electron chi connectivity index (χ4n) is 2.36. The van der Waals surface area contributed by atoms with Crippen LogP contribution >= 0.6 is 0 Å². The van der Waals surface area contributed by atoms with E-state index in [-0.39, 0.29) is 18.9 Å². The standard InChI is InChI=1S/C17H19NO5/c1-22-10-15(17(20)21)18-16(19)8-12-5-3-4-11-6-7-13(23-2)9-14(11)12/h3-7,9,15H,8,10H2,1-2H3,(H,18,19)(H,20,21). The summed E-state index contributed by atoms with van der Waals surface area (Å²) in [6, 6.07) is 10.2. The van der Waals surface area contributed by atoms with Crippen molar-refractivity contribution in [2.45, 2.75) is 12.5 Å². The molecule has 0 radical (unpaired) electrons. The van der Waals surface area contributed by atoms with Crippen LogP contribution in [0.1, 0.15) is 5.56 Å². The molecule has 2 aromatic carbocycles. The summed E-state index contributed by atoms with van der Waals surface area (Å²) < 4.78 is 10.0. The fraction of sp³-hybridized carbons (Fsp3) is 0.294. The predicted octanol–water partition coefficient (Wildman–Crippen LogP) is 1.61. The lowest BCUT2D eigenvalue weighted by Crippen LogP contribution is -2.44. The van der Waals surface area contributed by atoms with Gasteiger partial charge in [-0.05, 0) is 28.5 Å². The van der Waals surface area contributed by atoms with Crippen molar-refractivity contribution in [2.24, 2.45) is 0 Å². The van der Waals surface area contributed by atoms with Crippen molar-refractivity contribution >= 4 is 22.6 Å². The summed E-state index contributed by atoms with van der Waals surface area (Å²) >= 11 is 0. The maximum Gasteiger partial charge on any atom is 0.328 e. The van der Waals surface area contributed by atoms with E-state index in [1.807, 2.05) is 36.4 Å². The molecule has 0 heterocycles. The summed E-state index contributed by atoms with van der Waals surface area (Å²) in [6.07, 6.45) is 0.0814. The van der Waals surface area contributed by atoms with Crippen molar-refractivity contribution in [1.29, 1.82) is 0 Å². The van der Waals surface area contributed by atoms with Crippen molar-refractivity contribution in [1.82, 2.24) is 5.32 Å². The van der Waals surface area contributed by atoms with E-state index in [0.29, 0.717) is 5.75 Å². The minimum Gasteiger partial charge on any atom is -0.497 e. The van der Waals surface area contributed by atoms with Crippen LogP contribution in [-0.2, 0) is 20.7 Å². The maximum absolute atomic E-state index is 12.1. The van der Waals surface area contributed by atoms with Crippen molar-refractivity contribution in [3.63, 3.8) is 0 Å². The minimum atomic E-state index is -1.13. The Morgan fingerprint density at radius 1 is 1.22 bits per heavy atom. The second kappa shape index (κ2) is 7.60. The molecule has 0 aromatic heterocycles. The molecule has 6 heteroatoms. The average molecular weight is 317 g/mol. The van der Waals surface area contributed by atoms with Crippen LogP contribution in [0.2, 0.25) is 0 Å². The van der Waals surface area contributed by atoms with Crippen LogP contribution in [0.25, 0.3) is 10.8 Å². The number of carboxylic acid groups (broad SMARTS) is 1. The zero-order valence-electron chi connectivity index (χ0n) is 13.0. The Hall–Kier alpha value is -2.60. The molecule has 0 fully saturated rings. The van der Waals surface area contributed by atoms with E-state index in [9.17, 15) is 9.59 Å². The largest absolute Gasteiger partial charge is 0.497 e. The molecule has 23 heavy (non-hydrogen) atoms. The third-order valence-electron chi connectivity index (χ3n) is 3.50. The van der Waals surface area contributed by atoms with E-state index in [4.69, 9.17) is 14.6 Å². The highest BCUT2D eigenvalue weighted by molar-refractivity contribution is 5.92. The molecular weight excluding hydrogens is 298 g/mol. The van der Waals surface area contributed by atoms with Crippen LogP contribution in [-0.4, -0.2) is 43.9 Å². The van der Waals surface area contributed by atoms with Gasteiger partial charge in [0.05, 0.1) is 20.1 Å². The molecule has 0 aliphatic carbocycles. The summed E-state index contributed by atoms with van der Waals surface area (Å²) in [7, 11) is 2.97. The van der Waals surface area contributed by atoms with Gasteiger partial charge in [0.15, 0.2) is 6.04 Å². The monoisotopic (exact) mass is 317 g/mol. The van der Waals surface area contributed by atoms with E-state index >= 15 is 0 Å². The molecule has 1 amide bonds. The van der Waals surface area contributed by atoms with Gasteiger partial charge in [-0.1, -0.05) is 24.3 Å². The van der Waals surface area contributed by atoms with E-state index in [1.165, 1.54) is 7.11 Å². The topological polar surface area (TPSA) is 84.9 Å². The zero-order chi connectivity index (χ0) is 16.8. The first-order valence-corrected chi connectivity index (χ1v) is 7.12.